The van der Waals surface area contributed by atoms with Gasteiger partial charge in [-0.1, -0.05) is 11.6 Å². The monoisotopic (exact) mass is 402 g/mol. The fourth-order valence-electron chi connectivity index (χ4n) is 2.75. The number of anilines is 1. The lowest BCUT2D eigenvalue weighted by molar-refractivity contribution is 0.0492. The first-order valence-corrected chi connectivity index (χ1v) is 9.11. The molecule has 1 aliphatic carbocycles. The van der Waals surface area contributed by atoms with Gasteiger partial charge >= 0.3 is 6.09 Å². The molecule has 2 atom stereocenters. The van der Waals surface area contributed by atoms with E-state index in [0.717, 1.165) is 35.8 Å². The van der Waals surface area contributed by atoms with Gasteiger partial charge in [0.15, 0.2) is 0 Å². The standard InChI is InChI=1S/C17H24BrClN2O2/c1-17(2,3)23-16(22)21-12-6-4-5-11(9-12)20-13-7-8-15(19)14(18)10-13/h7-8,10-12,20H,4-6,9H2,1-3H3,(H,21,22). The molecule has 0 heterocycles. The highest BCUT2D eigenvalue weighted by Gasteiger charge is 2.25. The van der Waals surface area contributed by atoms with Crippen LogP contribution in [0.5, 0.6) is 0 Å². The van der Waals surface area contributed by atoms with Crippen LogP contribution in [0.3, 0.4) is 0 Å². The Bertz CT molecular complexity index is 560. The number of amides is 1. The molecule has 0 bridgehead atoms. The average molecular weight is 404 g/mol. The lowest BCUT2D eigenvalue weighted by Gasteiger charge is -2.31. The third-order valence-corrected chi connectivity index (χ3v) is 4.90. The number of carbonyl (C=O) groups excluding carboxylic acids is 1. The Morgan fingerprint density at radius 2 is 2.00 bits per heavy atom. The number of rotatable bonds is 3. The van der Waals surface area contributed by atoms with E-state index in [2.05, 4.69) is 26.6 Å². The molecule has 128 valence electrons. The molecule has 1 amide bonds. The summed E-state index contributed by atoms with van der Waals surface area (Å²) in [6, 6.07) is 6.29. The van der Waals surface area contributed by atoms with E-state index in [9.17, 15) is 4.79 Å². The largest absolute Gasteiger partial charge is 0.444 e. The molecule has 1 aromatic rings. The number of hydrogen-bond acceptors (Lipinski definition) is 3. The molecule has 0 saturated heterocycles. The van der Waals surface area contributed by atoms with Crippen molar-refractivity contribution >= 4 is 39.3 Å². The quantitative estimate of drug-likeness (QED) is 0.715. The van der Waals surface area contributed by atoms with Gasteiger partial charge in [-0.3, -0.25) is 0 Å². The molecule has 6 heteroatoms. The molecule has 1 aliphatic rings. The summed E-state index contributed by atoms with van der Waals surface area (Å²) in [5.74, 6) is 0. The second kappa shape index (κ2) is 7.75. The van der Waals surface area contributed by atoms with Gasteiger partial charge in [0, 0.05) is 22.2 Å². The molecule has 23 heavy (non-hydrogen) atoms. The predicted octanol–water partition coefficient (Wildman–Crippen LogP) is 5.35. The molecule has 1 saturated carbocycles. The maximum Gasteiger partial charge on any atom is 0.407 e. The second-order valence-corrected chi connectivity index (χ2v) is 8.24. The van der Waals surface area contributed by atoms with Crippen LogP contribution < -0.4 is 10.6 Å². The Labute approximate surface area is 151 Å². The number of halogens is 2. The van der Waals surface area contributed by atoms with E-state index in [4.69, 9.17) is 16.3 Å². The molecule has 1 aromatic carbocycles. The Balaban J connectivity index is 1.88. The van der Waals surface area contributed by atoms with Crippen LogP contribution in [0.2, 0.25) is 5.02 Å². The van der Waals surface area contributed by atoms with E-state index in [1.54, 1.807) is 0 Å². The molecule has 1 fully saturated rings. The van der Waals surface area contributed by atoms with Crippen molar-refractivity contribution < 1.29 is 9.53 Å². The number of nitrogens with one attached hydrogen (secondary N) is 2. The van der Waals surface area contributed by atoms with Gasteiger partial charge < -0.3 is 15.4 Å². The molecule has 0 spiro atoms. The lowest BCUT2D eigenvalue weighted by Crippen LogP contribution is -2.43. The van der Waals surface area contributed by atoms with E-state index < -0.39 is 5.60 Å². The van der Waals surface area contributed by atoms with Crippen LogP contribution in [0.4, 0.5) is 10.5 Å². The van der Waals surface area contributed by atoms with Gasteiger partial charge in [0.1, 0.15) is 5.60 Å². The zero-order chi connectivity index (χ0) is 17.0. The van der Waals surface area contributed by atoms with Crippen molar-refractivity contribution in [3.05, 3.63) is 27.7 Å². The van der Waals surface area contributed by atoms with Crippen LogP contribution in [-0.4, -0.2) is 23.8 Å². The highest BCUT2D eigenvalue weighted by molar-refractivity contribution is 9.10. The normalized spacial score (nSPS) is 21.6. The van der Waals surface area contributed by atoms with Crippen molar-refractivity contribution in [3.63, 3.8) is 0 Å². The molecule has 2 unspecified atom stereocenters. The minimum absolute atomic E-state index is 0.145. The van der Waals surface area contributed by atoms with Crippen LogP contribution in [0, 0.1) is 0 Å². The molecular weight excluding hydrogens is 380 g/mol. The first kappa shape index (κ1) is 18.4. The predicted molar refractivity (Wildman–Crippen MR) is 98.2 cm³/mol. The van der Waals surface area contributed by atoms with E-state index in [-0.39, 0.29) is 12.1 Å². The number of benzene rings is 1. The van der Waals surface area contributed by atoms with Gasteiger partial charge in [0.05, 0.1) is 5.02 Å². The van der Waals surface area contributed by atoms with Gasteiger partial charge in [-0.25, -0.2) is 4.79 Å². The van der Waals surface area contributed by atoms with Crippen molar-refractivity contribution in [2.75, 3.05) is 5.32 Å². The van der Waals surface area contributed by atoms with Gasteiger partial charge in [0.25, 0.3) is 0 Å². The third kappa shape index (κ3) is 6.22. The van der Waals surface area contributed by atoms with E-state index in [0.29, 0.717) is 11.1 Å². The highest BCUT2D eigenvalue weighted by Crippen LogP contribution is 2.28. The summed E-state index contributed by atoms with van der Waals surface area (Å²) in [6.07, 6.45) is 3.71. The fraction of sp³-hybridized carbons (Fsp3) is 0.588. The van der Waals surface area contributed by atoms with E-state index in [1.807, 2.05) is 39.0 Å². The zero-order valence-electron chi connectivity index (χ0n) is 13.8. The molecule has 0 aliphatic heterocycles. The summed E-state index contributed by atoms with van der Waals surface area (Å²) >= 11 is 9.46. The molecule has 2 rings (SSSR count). The summed E-state index contributed by atoms with van der Waals surface area (Å²) in [4.78, 5) is 11.9. The van der Waals surface area contributed by atoms with Crippen LogP contribution in [0.15, 0.2) is 22.7 Å². The molecule has 2 N–H and O–H groups in total. The number of ether oxygens (including phenoxy) is 1. The summed E-state index contributed by atoms with van der Waals surface area (Å²) in [7, 11) is 0. The third-order valence-electron chi connectivity index (χ3n) is 3.69. The van der Waals surface area contributed by atoms with Crippen molar-refractivity contribution in [2.45, 2.75) is 64.1 Å². The van der Waals surface area contributed by atoms with Crippen molar-refractivity contribution in [2.24, 2.45) is 0 Å². The molecule has 4 nitrogen and oxygen atoms in total. The first-order valence-electron chi connectivity index (χ1n) is 7.94. The maximum atomic E-state index is 11.9. The summed E-state index contributed by atoms with van der Waals surface area (Å²) in [6.45, 7) is 5.61. The van der Waals surface area contributed by atoms with Gasteiger partial charge in [-0.05, 0) is 80.6 Å². The SMILES string of the molecule is CC(C)(C)OC(=O)NC1CCCC(Nc2ccc(Cl)c(Br)c2)C1. The number of carbonyl (C=O) groups is 1. The summed E-state index contributed by atoms with van der Waals surface area (Å²) in [5, 5.41) is 7.20. The van der Waals surface area contributed by atoms with Gasteiger partial charge in [-0.2, -0.15) is 0 Å². The van der Waals surface area contributed by atoms with Gasteiger partial charge in [-0.15, -0.1) is 0 Å². The molecule has 0 aromatic heterocycles. The Morgan fingerprint density at radius 1 is 1.30 bits per heavy atom. The van der Waals surface area contributed by atoms with Crippen LogP contribution in [0.1, 0.15) is 46.5 Å². The fourth-order valence-corrected chi connectivity index (χ4v) is 3.24. The Hall–Kier alpha value is -0.940. The van der Waals surface area contributed by atoms with Crippen LogP contribution in [0.25, 0.3) is 0 Å². The first-order chi connectivity index (χ1) is 10.7. The minimum atomic E-state index is -0.466. The molecule has 0 radical (unpaired) electrons. The average Bonchev–Trinajstić information content (AvgIpc) is 2.41. The van der Waals surface area contributed by atoms with Crippen LogP contribution in [-0.2, 0) is 4.74 Å². The number of alkyl carbamates (subject to hydrolysis) is 1. The molecular formula is C17H24BrClN2O2. The second-order valence-electron chi connectivity index (χ2n) is 6.98. The topological polar surface area (TPSA) is 50.4 Å². The highest BCUT2D eigenvalue weighted by atomic mass is 79.9. The smallest absolute Gasteiger partial charge is 0.407 e. The van der Waals surface area contributed by atoms with Crippen molar-refractivity contribution in [1.29, 1.82) is 0 Å². The van der Waals surface area contributed by atoms with Gasteiger partial charge in [0.2, 0.25) is 0 Å². The summed E-state index contributed by atoms with van der Waals surface area (Å²) < 4.78 is 6.21. The van der Waals surface area contributed by atoms with Crippen molar-refractivity contribution in [3.8, 4) is 0 Å². The van der Waals surface area contributed by atoms with Crippen molar-refractivity contribution in [1.82, 2.24) is 5.32 Å². The van der Waals surface area contributed by atoms with Crippen LogP contribution >= 0.6 is 27.5 Å². The Kier molecular flexibility index (Phi) is 6.20. The minimum Gasteiger partial charge on any atom is -0.444 e. The van der Waals surface area contributed by atoms with E-state index >= 15 is 0 Å². The lowest BCUT2D eigenvalue weighted by atomic mass is 9.91. The summed E-state index contributed by atoms with van der Waals surface area (Å²) in [5.41, 5.74) is 0.565. The van der Waals surface area contributed by atoms with E-state index in [1.165, 1.54) is 0 Å². The zero-order valence-corrected chi connectivity index (χ0v) is 16.1. The maximum absolute atomic E-state index is 11.9. The number of hydrogen-bond donors (Lipinski definition) is 2. The Morgan fingerprint density at radius 3 is 2.65 bits per heavy atom.